The van der Waals surface area contributed by atoms with Crippen molar-refractivity contribution in [1.29, 1.82) is 0 Å². The molecular weight excluding hydrogens is 919 g/mol. The van der Waals surface area contributed by atoms with Crippen LogP contribution in [-0.4, -0.2) is 218 Å². The van der Waals surface area contributed by atoms with Crippen molar-refractivity contribution in [3.63, 3.8) is 0 Å². The van der Waals surface area contributed by atoms with Crippen molar-refractivity contribution in [1.82, 2.24) is 25.0 Å². The molecule has 0 aromatic carbocycles. The summed E-state index contributed by atoms with van der Waals surface area (Å²) in [6.45, 7) is 11.9. The molecule has 384 valence electrons. The van der Waals surface area contributed by atoms with Crippen molar-refractivity contribution in [3.8, 4) is 0 Å². The summed E-state index contributed by atoms with van der Waals surface area (Å²) >= 11 is 0. The monoisotopic (exact) mass is 987 g/mol. The Bertz CT molecular complexity index is 1830. The molecule has 0 atom stereocenters. The largest absolute Gasteiger partial charge is 0.387 e. The molecule has 68 heavy (non-hydrogen) atoms. The molecule has 0 bridgehead atoms. The van der Waals surface area contributed by atoms with E-state index < -0.39 is 27.7 Å². The van der Waals surface area contributed by atoms with Crippen molar-refractivity contribution in [2.24, 2.45) is 10.7 Å². The molecule has 25 heteroatoms. The summed E-state index contributed by atoms with van der Waals surface area (Å²) in [5.74, 6) is -1.65. The number of carbonyl (C=O) groups is 4. The molecule has 3 heterocycles. The number of amides is 4. The average molecular weight is 988 g/mol. The Kier molecular flexibility index (Phi) is 30.4. The van der Waals surface area contributed by atoms with Crippen LogP contribution in [0.1, 0.15) is 32.4 Å². The second-order valence-corrected chi connectivity index (χ2v) is 16.1. The van der Waals surface area contributed by atoms with Crippen molar-refractivity contribution < 1.29 is 79.8 Å². The zero-order valence-corrected chi connectivity index (χ0v) is 40.0. The molecule has 4 N–H and O–H groups in total. The Morgan fingerprint density at radius 1 is 0.691 bits per heavy atom. The van der Waals surface area contributed by atoms with Crippen LogP contribution in [0.2, 0.25) is 0 Å². The first kappa shape index (κ1) is 58.0. The van der Waals surface area contributed by atoms with Gasteiger partial charge in [-0.2, -0.15) is 0 Å². The van der Waals surface area contributed by atoms with Crippen LogP contribution >= 0.6 is 0 Å². The van der Waals surface area contributed by atoms with Crippen LogP contribution in [0.25, 0.3) is 6.08 Å². The molecule has 0 unspecified atom stereocenters. The Labute approximate surface area is 398 Å². The van der Waals surface area contributed by atoms with Crippen molar-refractivity contribution >= 4 is 51.3 Å². The minimum Gasteiger partial charge on any atom is -0.387 e. The Morgan fingerprint density at radius 3 is 1.57 bits per heavy atom. The lowest BCUT2D eigenvalue weighted by molar-refractivity contribution is -0.180. The SMILES string of the molecule is CCCN(OCC)C(=O)C1=Cc2ncc(S(=O)(=O)NCCOCCOCCOCCOCCOCCOCCOCCOCCOCCOCCNC(=O)CN3C(=O)C=CC3=O)cc2N=C(N)C1. The number of fused-ring (bicyclic) bond motifs is 1. The molecule has 0 radical (unpaired) electrons. The predicted octanol–water partition coefficient (Wildman–Crippen LogP) is -0.467. The zero-order chi connectivity index (χ0) is 49.1. The highest BCUT2D eigenvalue weighted by atomic mass is 32.2. The van der Waals surface area contributed by atoms with Crippen LogP contribution in [0, 0.1) is 0 Å². The first-order valence-corrected chi connectivity index (χ1v) is 24.1. The first-order valence-electron chi connectivity index (χ1n) is 22.6. The van der Waals surface area contributed by atoms with Crippen molar-refractivity contribution in [3.05, 3.63) is 35.7 Å². The highest BCUT2D eigenvalue weighted by Crippen LogP contribution is 2.28. The molecular formula is C43H69N7O17S. The van der Waals surface area contributed by atoms with Gasteiger partial charge in [-0.05, 0) is 25.5 Å². The highest BCUT2D eigenvalue weighted by molar-refractivity contribution is 7.89. The molecule has 3 rings (SSSR count). The van der Waals surface area contributed by atoms with Gasteiger partial charge in [-0.1, -0.05) is 6.92 Å². The summed E-state index contributed by atoms with van der Waals surface area (Å²) in [7, 11) is -3.93. The average Bonchev–Trinajstić information content (AvgIpc) is 3.52. The maximum absolute atomic E-state index is 13.1. The van der Waals surface area contributed by atoms with Crippen LogP contribution in [0.15, 0.2) is 39.9 Å². The maximum atomic E-state index is 13.1. The summed E-state index contributed by atoms with van der Waals surface area (Å²) in [4.78, 5) is 62.6. The van der Waals surface area contributed by atoms with Crippen LogP contribution in [-0.2, 0) is 81.4 Å². The summed E-state index contributed by atoms with van der Waals surface area (Å²) < 4.78 is 83.0. The van der Waals surface area contributed by atoms with E-state index in [0.29, 0.717) is 143 Å². The van der Waals surface area contributed by atoms with Gasteiger partial charge >= 0.3 is 0 Å². The van der Waals surface area contributed by atoms with Gasteiger partial charge in [0.05, 0.1) is 150 Å². The number of aromatic nitrogens is 1. The van der Waals surface area contributed by atoms with E-state index in [1.165, 1.54) is 17.3 Å². The van der Waals surface area contributed by atoms with E-state index in [1.807, 2.05) is 6.92 Å². The van der Waals surface area contributed by atoms with Crippen molar-refractivity contribution in [2.45, 2.75) is 31.6 Å². The van der Waals surface area contributed by atoms with Crippen LogP contribution in [0.3, 0.4) is 0 Å². The number of hydrogen-bond donors (Lipinski definition) is 3. The number of nitrogens with one attached hydrogen (secondary N) is 2. The van der Waals surface area contributed by atoms with E-state index in [-0.39, 0.29) is 68.2 Å². The Hall–Kier alpha value is -4.35. The van der Waals surface area contributed by atoms with E-state index in [2.05, 4.69) is 20.0 Å². The number of rotatable bonds is 42. The fourth-order valence-electron chi connectivity index (χ4n) is 5.74. The van der Waals surface area contributed by atoms with Crippen LogP contribution in [0.4, 0.5) is 5.69 Å². The highest BCUT2D eigenvalue weighted by Gasteiger charge is 2.26. The lowest BCUT2D eigenvalue weighted by atomic mass is 10.1. The van der Waals surface area contributed by atoms with E-state index in [4.69, 9.17) is 57.9 Å². The number of hydrogen-bond acceptors (Lipinski definition) is 20. The normalized spacial score (nSPS) is 13.7. The number of nitrogens with zero attached hydrogens (tertiary/aromatic N) is 4. The molecule has 24 nitrogen and oxygen atoms in total. The van der Waals surface area contributed by atoms with Gasteiger partial charge in [0, 0.05) is 50.0 Å². The van der Waals surface area contributed by atoms with E-state index in [9.17, 15) is 27.6 Å². The van der Waals surface area contributed by atoms with Gasteiger partial charge in [0.2, 0.25) is 15.9 Å². The second kappa shape index (κ2) is 35.7. The van der Waals surface area contributed by atoms with Gasteiger partial charge in [0.1, 0.15) is 17.3 Å². The van der Waals surface area contributed by atoms with Gasteiger partial charge in [-0.25, -0.2) is 23.2 Å². The number of amidine groups is 1. The molecule has 1 aromatic rings. The Morgan fingerprint density at radius 2 is 1.13 bits per heavy atom. The molecule has 0 aliphatic carbocycles. The minimum atomic E-state index is -3.93. The van der Waals surface area contributed by atoms with Gasteiger partial charge in [-0.3, -0.25) is 33.9 Å². The van der Waals surface area contributed by atoms with Crippen LogP contribution < -0.4 is 15.8 Å². The third kappa shape index (κ3) is 24.8. The quantitative estimate of drug-likeness (QED) is 0.0424. The summed E-state index contributed by atoms with van der Waals surface area (Å²) in [5.41, 5.74) is 6.97. The van der Waals surface area contributed by atoms with Gasteiger partial charge < -0.3 is 58.4 Å². The first-order chi connectivity index (χ1) is 33.1. The summed E-state index contributed by atoms with van der Waals surface area (Å²) in [6, 6.07) is 1.36. The molecule has 0 spiro atoms. The number of hydroxylamine groups is 2. The lowest BCUT2D eigenvalue weighted by Crippen LogP contribution is -2.41. The topological polar surface area (TPSA) is 286 Å². The molecule has 0 saturated heterocycles. The molecule has 2 aliphatic heterocycles. The van der Waals surface area contributed by atoms with E-state index >= 15 is 0 Å². The number of sulfonamides is 1. The molecule has 0 saturated carbocycles. The minimum absolute atomic E-state index is 0.0241. The number of imide groups is 1. The van der Waals surface area contributed by atoms with Crippen molar-refractivity contribution in [2.75, 3.05) is 165 Å². The lowest BCUT2D eigenvalue weighted by Gasteiger charge is -2.21. The number of nitrogens with two attached hydrogens (primary N) is 1. The predicted molar refractivity (Wildman–Crippen MR) is 244 cm³/mol. The number of ether oxygens (including phenoxy) is 10. The van der Waals surface area contributed by atoms with Gasteiger partial charge in [0.25, 0.3) is 17.7 Å². The fourth-order valence-corrected chi connectivity index (χ4v) is 6.72. The molecule has 0 fully saturated rings. The molecule has 2 aliphatic rings. The van der Waals surface area contributed by atoms with Gasteiger partial charge in [0.15, 0.2) is 0 Å². The summed E-state index contributed by atoms with van der Waals surface area (Å²) in [5, 5.41) is 3.87. The van der Waals surface area contributed by atoms with Gasteiger partial charge in [-0.15, -0.1) is 0 Å². The third-order valence-electron chi connectivity index (χ3n) is 9.00. The maximum Gasteiger partial charge on any atom is 0.273 e. The number of carbonyl (C=O) groups excluding carboxylic acids is 4. The van der Waals surface area contributed by atoms with E-state index in [0.717, 1.165) is 17.1 Å². The molecule has 4 amide bonds. The van der Waals surface area contributed by atoms with Crippen LogP contribution in [0.5, 0.6) is 0 Å². The van der Waals surface area contributed by atoms with E-state index in [1.54, 1.807) is 13.0 Å². The smallest absolute Gasteiger partial charge is 0.273 e. The molecule has 1 aromatic heterocycles. The number of pyridine rings is 1. The Balaban J connectivity index is 1.02. The zero-order valence-electron chi connectivity index (χ0n) is 39.2. The number of aliphatic imine (C=N–C) groups is 1. The third-order valence-corrected chi connectivity index (χ3v) is 10.4. The second-order valence-electron chi connectivity index (χ2n) is 14.3. The summed E-state index contributed by atoms with van der Waals surface area (Å²) in [6.07, 6.45) is 5.78. The standard InChI is InChI=1S/C43H69N7O17S/c1-3-9-50(67-4-2)43(54)35-30-37-38(48-39(44)31-35)32-36(33-46-37)68(55,56)47-8-11-58-13-15-60-17-19-62-21-23-64-25-27-66-29-28-65-26-24-63-22-20-61-18-16-59-14-12-57-10-7-45-40(51)34-49-41(52)5-6-42(49)53/h5-6,30,32-33,47H,3-4,7-29,31,34H2,1-2H3,(H2,44,48)(H,45,51). The fraction of sp³-hybridized carbons (Fsp3) is 0.674.